The normalized spacial score (nSPS) is 20.0. The van der Waals surface area contributed by atoms with Crippen molar-refractivity contribution in [1.82, 2.24) is 9.55 Å². The average Bonchev–Trinajstić information content (AvgIpc) is 3.04. The molecular weight excluding hydrogens is 296 g/mol. The Morgan fingerprint density at radius 3 is 2.70 bits per heavy atom. The Morgan fingerprint density at radius 1 is 1.22 bits per heavy atom. The Balaban J connectivity index is 1.94. The van der Waals surface area contributed by atoms with Crippen molar-refractivity contribution in [2.24, 2.45) is 0 Å². The number of rotatable bonds is 2. The van der Waals surface area contributed by atoms with Crippen molar-refractivity contribution >= 4 is 0 Å². The zero-order valence-electron chi connectivity index (χ0n) is 12.4. The molecule has 1 aromatic heterocycles. The smallest absolute Gasteiger partial charge is 0.330 e. The lowest BCUT2D eigenvalue weighted by atomic mass is 10.2. The molecule has 2 N–H and O–H groups in total. The number of aliphatic hydroxyl groups excluding tert-OH is 1. The molecule has 1 fully saturated rings. The van der Waals surface area contributed by atoms with E-state index in [4.69, 9.17) is 9.84 Å². The van der Waals surface area contributed by atoms with Crippen LogP contribution in [0.1, 0.15) is 30.2 Å². The third kappa shape index (κ3) is 3.42. The van der Waals surface area contributed by atoms with Crippen LogP contribution in [0.4, 0.5) is 0 Å². The maximum atomic E-state index is 12.0. The van der Waals surface area contributed by atoms with Crippen LogP contribution in [0.3, 0.4) is 0 Å². The quantitative estimate of drug-likeness (QED) is 0.796. The molecule has 1 aromatic carbocycles. The minimum Gasteiger partial charge on any atom is -0.394 e. The number of nitrogens with one attached hydrogen (secondary N) is 1. The minimum atomic E-state index is -0.538. The highest BCUT2D eigenvalue weighted by Gasteiger charge is 2.27. The van der Waals surface area contributed by atoms with Gasteiger partial charge in [0, 0.05) is 11.8 Å². The first-order valence-electron chi connectivity index (χ1n) is 7.36. The monoisotopic (exact) mass is 312 g/mol. The number of aromatic nitrogens is 2. The van der Waals surface area contributed by atoms with E-state index in [-0.39, 0.29) is 18.3 Å². The van der Waals surface area contributed by atoms with Crippen LogP contribution in [-0.4, -0.2) is 27.4 Å². The summed E-state index contributed by atoms with van der Waals surface area (Å²) in [4.78, 5) is 26.1. The number of H-pyrrole nitrogens is 1. The molecule has 0 aliphatic carbocycles. The Morgan fingerprint density at radius 2 is 2.00 bits per heavy atom. The van der Waals surface area contributed by atoms with Crippen LogP contribution >= 0.6 is 0 Å². The number of aliphatic hydroxyl groups is 1. The van der Waals surface area contributed by atoms with E-state index < -0.39 is 17.5 Å². The van der Waals surface area contributed by atoms with Crippen LogP contribution in [0.25, 0.3) is 0 Å². The first-order valence-corrected chi connectivity index (χ1v) is 7.36. The maximum absolute atomic E-state index is 12.0. The molecule has 2 atom stereocenters. The molecule has 23 heavy (non-hydrogen) atoms. The van der Waals surface area contributed by atoms with Gasteiger partial charge in [-0.15, -0.1) is 0 Å². The fraction of sp³-hybridized carbons (Fsp3) is 0.294. The van der Waals surface area contributed by atoms with Gasteiger partial charge in [-0.1, -0.05) is 30.0 Å². The molecule has 2 aromatic rings. The predicted molar refractivity (Wildman–Crippen MR) is 84.0 cm³/mol. The summed E-state index contributed by atoms with van der Waals surface area (Å²) in [5.41, 5.74) is -0.0816. The SMILES string of the molecule is O=c1[nH]c(=O)n([C@H]2CC[C@@H](CO)O2)cc1C#Cc1ccccc1. The van der Waals surface area contributed by atoms with Gasteiger partial charge in [0.05, 0.1) is 12.7 Å². The molecule has 0 bridgehead atoms. The van der Waals surface area contributed by atoms with Crippen LogP contribution in [0, 0.1) is 11.8 Å². The molecule has 0 unspecified atom stereocenters. The van der Waals surface area contributed by atoms with E-state index in [2.05, 4.69) is 16.8 Å². The zero-order valence-corrected chi connectivity index (χ0v) is 12.4. The second-order valence-electron chi connectivity index (χ2n) is 5.30. The summed E-state index contributed by atoms with van der Waals surface area (Å²) >= 11 is 0. The van der Waals surface area contributed by atoms with E-state index in [9.17, 15) is 9.59 Å². The summed E-state index contributed by atoms with van der Waals surface area (Å²) in [7, 11) is 0. The van der Waals surface area contributed by atoms with E-state index in [0.29, 0.717) is 12.8 Å². The average molecular weight is 312 g/mol. The van der Waals surface area contributed by atoms with E-state index in [1.54, 1.807) is 0 Å². The molecule has 2 heterocycles. The molecule has 1 aliphatic heterocycles. The third-order valence-electron chi connectivity index (χ3n) is 3.68. The summed E-state index contributed by atoms with van der Waals surface area (Å²) in [6.45, 7) is -0.0880. The lowest BCUT2D eigenvalue weighted by molar-refractivity contribution is -0.0246. The number of hydrogen-bond acceptors (Lipinski definition) is 4. The van der Waals surface area contributed by atoms with Gasteiger partial charge >= 0.3 is 5.69 Å². The van der Waals surface area contributed by atoms with E-state index in [1.165, 1.54) is 10.8 Å². The Hall–Kier alpha value is -2.62. The summed E-state index contributed by atoms with van der Waals surface area (Å²) < 4.78 is 6.90. The number of benzene rings is 1. The van der Waals surface area contributed by atoms with E-state index >= 15 is 0 Å². The Bertz CT molecular complexity index is 858. The van der Waals surface area contributed by atoms with Crippen LogP contribution in [0.15, 0.2) is 46.1 Å². The number of nitrogens with zero attached hydrogens (tertiary/aromatic N) is 1. The standard InChI is InChI=1S/C17H16N2O4/c20-11-14-8-9-15(23-14)19-10-13(16(21)18-17(19)22)7-6-12-4-2-1-3-5-12/h1-5,10,14-15,20H,8-9,11H2,(H,18,21,22)/t14-,15+/m0/s1. The van der Waals surface area contributed by atoms with Gasteiger partial charge in [-0.2, -0.15) is 0 Å². The van der Waals surface area contributed by atoms with E-state index in [1.807, 2.05) is 30.3 Å². The second-order valence-corrected chi connectivity index (χ2v) is 5.30. The molecule has 6 nitrogen and oxygen atoms in total. The fourth-order valence-electron chi connectivity index (χ4n) is 2.47. The van der Waals surface area contributed by atoms with Crippen LogP contribution < -0.4 is 11.2 Å². The van der Waals surface area contributed by atoms with Crippen molar-refractivity contribution in [2.75, 3.05) is 6.61 Å². The minimum absolute atomic E-state index is 0.0880. The largest absolute Gasteiger partial charge is 0.394 e. The van der Waals surface area contributed by atoms with Gasteiger partial charge in [-0.05, 0) is 25.0 Å². The lowest BCUT2D eigenvalue weighted by Crippen LogP contribution is -2.33. The topological polar surface area (TPSA) is 84.3 Å². The molecule has 3 rings (SSSR count). The lowest BCUT2D eigenvalue weighted by Gasteiger charge is -2.14. The van der Waals surface area contributed by atoms with Gasteiger partial charge in [0.15, 0.2) is 0 Å². The Labute approximate surface area is 132 Å². The number of ether oxygens (including phenoxy) is 1. The highest BCUT2D eigenvalue weighted by molar-refractivity contribution is 5.40. The molecule has 6 heteroatoms. The first kappa shape index (κ1) is 15.3. The Kier molecular flexibility index (Phi) is 4.42. The first-order chi connectivity index (χ1) is 11.2. The van der Waals surface area contributed by atoms with Gasteiger partial charge in [0.2, 0.25) is 0 Å². The molecule has 0 radical (unpaired) electrons. The van der Waals surface area contributed by atoms with Crippen molar-refractivity contribution in [3.8, 4) is 11.8 Å². The molecule has 1 aliphatic rings. The van der Waals surface area contributed by atoms with Crippen molar-refractivity contribution in [2.45, 2.75) is 25.2 Å². The van der Waals surface area contributed by atoms with Crippen molar-refractivity contribution in [1.29, 1.82) is 0 Å². The molecule has 0 spiro atoms. The van der Waals surface area contributed by atoms with Crippen molar-refractivity contribution < 1.29 is 9.84 Å². The van der Waals surface area contributed by atoms with Gasteiger partial charge < -0.3 is 9.84 Å². The second kappa shape index (κ2) is 6.65. The third-order valence-corrected chi connectivity index (χ3v) is 3.68. The number of aromatic amines is 1. The van der Waals surface area contributed by atoms with Crippen LogP contribution in [-0.2, 0) is 4.74 Å². The number of hydrogen-bond donors (Lipinski definition) is 2. The summed E-state index contributed by atoms with van der Waals surface area (Å²) in [5.74, 6) is 5.68. The summed E-state index contributed by atoms with van der Waals surface area (Å²) in [6, 6.07) is 9.27. The fourth-order valence-corrected chi connectivity index (χ4v) is 2.47. The summed E-state index contributed by atoms with van der Waals surface area (Å²) in [5, 5.41) is 9.12. The maximum Gasteiger partial charge on any atom is 0.330 e. The van der Waals surface area contributed by atoms with Gasteiger partial charge in [-0.3, -0.25) is 14.3 Å². The highest BCUT2D eigenvalue weighted by Crippen LogP contribution is 2.26. The molecule has 0 amide bonds. The highest BCUT2D eigenvalue weighted by atomic mass is 16.5. The molecule has 1 saturated heterocycles. The van der Waals surface area contributed by atoms with Crippen molar-refractivity contribution in [3.63, 3.8) is 0 Å². The van der Waals surface area contributed by atoms with Crippen molar-refractivity contribution in [3.05, 3.63) is 68.5 Å². The predicted octanol–water partition coefficient (Wildman–Crippen LogP) is 0.606. The molecule has 118 valence electrons. The van der Waals surface area contributed by atoms with Crippen LogP contribution in [0.5, 0.6) is 0 Å². The zero-order chi connectivity index (χ0) is 16.2. The van der Waals surface area contributed by atoms with Crippen LogP contribution in [0.2, 0.25) is 0 Å². The van der Waals surface area contributed by atoms with E-state index in [0.717, 1.165) is 5.56 Å². The molecular formula is C17H16N2O4. The van der Waals surface area contributed by atoms with Gasteiger partial charge in [-0.25, -0.2) is 4.79 Å². The molecule has 0 saturated carbocycles. The summed E-state index contributed by atoms with van der Waals surface area (Å²) in [6.07, 6.45) is 1.91. The van der Waals surface area contributed by atoms with Gasteiger partial charge in [0.1, 0.15) is 11.8 Å². The van der Waals surface area contributed by atoms with Gasteiger partial charge in [0.25, 0.3) is 5.56 Å².